The molecule has 30 heavy (non-hydrogen) atoms. The third kappa shape index (κ3) is 2.20. The normalized spacial score (nSPS) is 29.2. The summed E-state index contributed by atoms with van der Waals surface area (Å²) in [4.78, 5) is 26.3. The van der Waals surface area contributed by atoms with E-state index in [-0.39, 0.29) is 11.4 Å². The Kier molecular flexibility index (Phi) is 4.13. The van der Waals surface area contributed by atoms with Gasteiger partial charge in [0.15, 0.2) is 17.0 Å². The topological polar surface area (TPSA) is 102 Å². The maximum Gasteiger partial charge on any atom is 0.313 e. The van der Waals surface area contributed by atoms with Gasteiger partial charge in [0.1, 0.15) is 11.6 Å². The number of nitrogens with one attached hydrogen (secondary N) is 1. The Labute approximate surface area is 180 Å². The van der Waals surface area contributed by atoms with E-state index >= 15 is 0 Å². The SMILES string of the molecule is COC(=O)C1C(c2ccccc2)C2(c3ccc(Br)cc3)Oc3cn[nH]c3C(=O)C12O. The second-order valence-electron chi connectivity index (χ2n) is 7.44. The lowest BCUT2D eigenvalue weighted by Gasteiger charge is -2.64. The van der Waals surface area contributed by atoms with Crippen LogP contribution in [0.4, 0.5) is 0 Å². The first-order chi connectivity index (χ1) is 14.4. The van der Waals surface area contributed by atoms with Crippen LogP contribution in [-0.4, -0.2) is 39.8 Å². The maximum absolute atomic E-state index is 13.5. The number of carbonyl (C=O) groups is 2. The number of aromatic amines is 1. The number of methoxy groups -OCH3 is 1. The fourth-order valence-corrected chi connectivity index (χ4v) is 5.12. The summed E-state index contributed by atoms with van der Waals surface area (Å²) >= 11 is 3.41. The van der Waals surface area contributed by atoms with Crippen LogP contribution in [0.25, 0.3) is 0 Å². The Morgan fingerprint density at radius 1 is 1.20 bits per heavy atom. The number of fused-ring (bicyclic) bond motifs is 2. The lowest BCUT2D eigenvalue weighted by atomic mass is 9.44. The van der Waals surface area contributed by atoms with Gasteiger partial charge in [-0.1, -0.05) is 58.4 Å². The number of carbonyl (C=O) groups excluding carboxylic acids is 2. The van der Waals surface area contributed by atoms with Gasteiger partial charge >= 0.3 is 5.97 Å². The zero-order valence-corrected chi connectivity index (χ0v) is 17.4. The predicted octanol–water partition coefficient (Wildman–Crippen LogP) is 2.96. The number of aromatic nitrogens is 2. The molecule has 1 fully saturated rings. The number of nitrogens with zero attached hydrogens (tertiary/aromatic N) is 1. The highest BCUT2D eigenvalue weighted by atomic mass is 79.9. The van der Waals surface area contributed by atoms with Crippen molar-refractivity contribution in [3.05, 3.63) is 82.1 Å². The summed E-state index contributed by atoms with van der Waals surface area (Å²) in [5.74, 6) is -2.91. The van der Waals surface area contributed by atoms with E-state index in [0.29, 0.717) is 5.56 Å². The highest BCUT2D eigenvalue weighted by Gasteiger charge is 2.82. The number of H-pyrrole nitrogens is 1. The quantitative estimate of drug-likeness (QED) is 0.573. The van der Waals surface area contributed by atoms with Crippen LogP contribution in [0.2, 0.25) is 0 Å². The summed E-state index contributed by atoms with van der Waals surface area (Å²) in [7, 11) is 1.24. The Hall–Kier alpha value is -2.97. The molecule has 3 aromatic rings. The second kappa shape index (κ2) is 6.52. The average molecular weight is 469 g/mol. The van der Waals surface area contributed by atoms with Crippen LogP contribution in [0.1, 0.15) is 27.5 Å². The molecule has 1 aliphatic heterocycles. The van der Waals surface area contributed by atoms with Gasteiger partial charge in [0.2, 0.25) is 5.78 Å². The van der Waals surface area contributed by atoms with Gasteiger partial charge in [-0.05, 0) is 23.3 Å². The molecule has 152 valence electrons. The minimum Gasteiger partial charge on any atom is -0.474 e. The summed E-state index contributed by atoms with van der Waals surface area (Å²) in [5.41, 5.74) is -2.34. The highest BCUT2D eigenvalue weighted by Crippen LogP contribution is 2.68. The standard InChI is InChI=1S/C22H17BrN2O5/c1-29-20(27)17-16(12-5-3-2-4-6-12)22(13-7-9-14(23)10-8-13)21(17,28)19(26)18-15(30-22)11-24-25-18/h2-11,16-17,28H,1H3,(H,24,25). The molecule has 0 radical (unpaired) electrons. The molecule has 4 unspecified atom stereocenters. The number of aliphatic hydroxyl groups is 1. The highest BCUT2D eigenvalue weighted by molar-refractivity contribution is 9.10. The largest absolute Gasteiger partial charge is 0.474 e. The summed E-state index contributed by atoms with van der Waals surface area (Å²) in [6.45, 7) is 0. The fourth-order valence-electron chi connectivity index (χ4n) is 4.86. The summed E-state index contributed by atoms with van der Waals surface area (Å²) in [6, 6.07) is 16.4. The molecule has 0 saturated heterocycles. The second-order valence-corrected chi connectivity index (χ2v) is 8.35. The summed E-state index contributed by atoms with van der Waals surface area (Å²) in [6.07, 6.45) is 1.40. The number of ketones is 1. The summed E-state index contributed by atoms with van der Waals surface area (Å²) in [5, 5.41) is 18.4. The smallest absolute Gasteiger partial charge is 0.313 e. The number of hydrogen-bond acceptors (Lipinski definition) is 6. The van der Waals surface area contributed by atoms with Gasteiger partial charge in [-0.15, -0.1) is 0 Å². The van der Waals surface area contributed by atoms with Gasteiger partial charge in [0.05, 0.1) is 13.3 Å². The number of Topliss-reactive ketones (excluding diaryl/α,β-unsaturated/α-hetero) is 1. The van der Waals surface area contributed by atoms with Crippen molar-refractivity contribution < 1.29 is 24.2 Å². The van der Waals surface area contributed by atoms with Crippen molar-refractivity contribution >= 4 is 27.7 Å². The number of halogens is 1. The van der Waals surface area contributed by atoms with Crippen LogP contribution in [0.3, 0.4) is 0 Å². The molecule has 0 spiro atoms. The lowest BCUT2D eigenvalue weighted by Crippen LogP contribution is -2.80. The maximum atomic E-state index is 13.5. The molecule has 2 N–H and O–H groups in total. The molecule has 4 atom stereocenters. The van der Waals surface area contributed by atoms with E-state index in [1.807, 2.05) is 30.3 Å². The van der Waals surface area contributed by atoms with E-state index in [0.717, 1.165) is 10.0 Å². The van der Waals surface area contributed by atoms with Crippen LogP contribution in [0.15, 0.2) is 65.3 Å². The molecule has 2 heterocycles. The van der Waals surface area contributed by atoms with Crippen LogP contribution >= 0.6 is 15.9 Å². The summed E-state index contributed by atoms with van der Waals surface area (Å²) < 4.78 is 12.2. The molecule has 5 rings (SSSR count). The van der Waals surface area contributed by atoms with Gasteiger partial charge in [-0.3, -0.25) is 14.7 Å². The number of ether oxygens (including phenoxy) is 2. The van der Waals surface area contributed by atoms with E-state index in [1.54, 1.807) is 24.3 Å². The molecule has 1 aromatic heterocycles. The van der Waals surface area contributed by atoms with Crippen LogP contribution in [0, 0.1) is 5.92 Å². The van der Waals surface area contributed by atoms with Crippen molar-refractivity contribution in [2.45, 2.75) is 17.1 Å². The first-order valence-corrected chi connectivity index (χ1v) is 10.1. The van der Waals surface area contributed by atoms with Crippen LogP contribution in [0.5, 0.6) is 5.75 Å². The third-order valence-electron chi connectivity index (χ3n) is 6.12. The van der Waals surface area contributed by atoms with Crippen LogP contribution in [-0.2, 0) is 15.1 Å². The number of benzene rings is 2. The van der Waals surface area contributed by atoms with E-state index in [9.17, 15) is 14.7 Å². The monoisotopic (exact) mass is 468 g/mol. The molecular formula is C22H17BrN2O5. The number of rotatable bonds is 3. The Bertz CT molecular complexity index is 1150. The van der Waals surface area contributed by atoms with E-state index in [4.69, 9.17) is 9.47 Å². The van der Waals surface area contributed by atoms with E-state index in [2.05, 4.69) is 26.1 Å². The molecule has 8 heteroatoms. The average Bonchev–Trinajstić information content (AvgIpc) is 3.23. The molecule has 2 aromatic carbocycles. The van der Waals surface area contributed by atoms with Crippen molar-refractivity contribution in [2.75, 3.05) is 7.11 Å². The number of hydrogen-bond donors (Lipinski definition) is 2. The Morgan fingerprint density at radius 2 is 1.90 bits per heavy atom. The molecule has 0 amide bonds. The Balaban J connectivity index is 1.82. The van der Waals surface area contributed by atoms with Crippen LogP contribution < -0.4 is 4.74 Å². The van der Waals surface area contributed by atoms with Crippen molar-refractivity contribution in [3.8, 4) is 5.75 Å². The van der Waals surface area contributed by atoms with Crippen molar-refractivity contribution in [2.24, 2.45) is 5.92 Å². The molecule has 0 bridgehead atoms. The molecule has 1 saturated carbocycles. The minimum absolute atomic E-state index is 0.0330. The van der Waals surface area contributed by atoms with Crippen molar-refractivity contribution in [1.82, 2.24) is 10.2 Å². The van der Waals surface area contributed by atoms with Gasteiger partial charge in [-0.2, -0.15) is 5.10 Å². The Morgan fingerprint density at radius 3 is 2.57 bits per heavy atom. The number of esters is 1. The van der Waals surface area contributed by atoms with E-state index < -0.39 is 34.8 Å². The predicted molar refractivity (Wildman–Crippen MR) is 109 cm³/mol. The lowest BCUT2D eigenvalue weighted by molar-refractivity contribution is -0.251. The molecule has 7 nitrogen and oxygen atoms in total. The van der Waals surface area contributed by atoms with Gasteiger partial charge in [0.25, 0.3) is 0 Å². The third-order valence-corrected chi connectivity index (χ3v) is 6.65. The van der Waals surface area contributed by atoms with Gasteiger partial charge < -0.3 is 14.6 Å². The minimum atomic E-state index is -2.17. The van der Waals surface area contributed by atoms with Gasteiger partial charge in [0, 0.05) is 10.4 Å². The van der Waals surface area contributed by atoms with E-state index in [1.165, 1.54) is 13.3 Å². The molecule has 1 aliphatic carbocycles. The zero-order valence-electron chi connectivity index (χ0n) is 15.8. The van der Waals surface area contributed by atoms with Gasteiger partial charge in [-0.25, -0.2) is 0 Å². The first kappa shape index (κ1) is 19.0. The van der Waals surface area contributed by atoms with Crippen molar-refractivity contribution in [1.29, 1.82) is 0 Å². The molecule has 2 aliphatic rings. The fraction of sp³-hybridized carbons (Fsp3) is 0.227. The zero-order chi connectivity index (χ0) is 21.1. The first-order valence-electron chi connectivity index (χ1n) is 9.33. The van der Waals surface area contributed by atoms with Crippen molar-refractivity contribution in [3.63, 3.8) is 0 Å². The molecular weight excluding hydrogens is 452 g/mol.